The molecule has 37 heavy (non-hydrogen) atoms. The van der Waals surface area contributed by atoms with Crippen LogP contribution in [0.3, 0.4) is 0 Å². The Bertz CT molecular complexity index is 1520. The van der Waals surface area contributed by atoms with Crippen LogP contribution in [0.4, 0.5) is 5.13 Å². The number of hydrogen-bond acceptors (Lipinski definition) is 7. The topological polar surface area (TPSA) is 84.8 Å². The number of aliphatic carboxylic acids is 1. The number of anilines is 1. The summed E-state index contributed by atoms with van der Waals surface area (Å²) in [5, 5.41) is 12.4. The summed E-state index contributed by atoms with van der Waals surface area (Å²) in [5.74, 6) is -0.191. The highest BCUT2D eigenvalue weighted by Gasteiger charge is 2.33. The third-order valence-corrected chi connectivity index (χ3v) is 8.24. The molecule has 0 aliphatic carbocycles. The van der Waals surface area contributed by atoms with Crippen molar-refractivity contribution < 1.29 is 19.4 Å². The summed E-state index contributed by atoms with van der Waals surface area (Å²) in [6.45, 7) is 10.2. The molecule has 1 fully saturated rings. The molecule has 2 aliphatic heterocycles. The zero-order valence-corrected chi connectivity index (χ0v) is 22.4. The van der Waals surface area contributed by atoms with Crippen LogP contribution in [-0.2, 0) is 16.0 Å². The third kappa shape index (κ3) is 4.22. The molecule has 6 rings (SSSR count). The molecule has 0 bridgehead atoms. The van der Waals surface area contributed by atoms with E-state index in [1.807, 2.05) is 58.2 Å². The highest BCUT2D eigenvalue weighted by molar-refractivity contribution is 7.22. The van der Waals surface area contributed by atoms with E-state index in [0.29, 0.717) is 12.2 Å². The molecule has 1 N–H and O–H groups in total. The Labute approximate surface area is 220 Å². The van der Waals surface area contributed by atoms with Gasteiger partial charge in [-0.15, -0.1) is 0 Å². The van der Waals surface area contributed by atoms with E-state index in [4.69, 9.17) is 19.4 Å². The Hall–Kier alpha value is -3.23. The van der Waals surface area contributed by atoms with Crippen molar-refractivity contribution in [3.05, 3.63) is 47.2 Å². The van der Waals surface area contributed by atoms with Gasteiger partial charge in [0.2, 0.25) is 0 Å². The summed E-state index contributed by atoms with van der Waals surface area (Å²) in [4.78, 5) is 24.9. The number of carbonyl (C=O) groups is 1. The first-order chi connectivity index (χ1) is 17.7. The minimum absolute atomic E-state index is 0.639. The van der Waals surface area contributed by atoms with Crippen molar-refractivity contribution in [3.63, 3.8) is 0 Å². The molecule has 8 heteroatoms. The Balaban J connectivity index is 1.69. The van der Waals surface area contributed by atoms with E-state index < -0.39 is 17.7 Å². The molecule has 7 nitrogen and oxygen atoms in total. The predicted octanol–water partition coefficient (Wildman–Crippen LogP) is 6.30. The largest absolute Gasteiger partial charge is 0.493 e. The number of pyridine rings is 1. The number of carboxylic acids is 1. The summed E-state index contributed by atoms with van der Waals surface area (Å²) < 4.78 is 13.1. The summed E-state index contributed by atoms with van der Waals surface area (Å²) in [6, 6.07) is 8.06. The predicted molar refractivity (Wildman–Crippen MR) is 147 cm³/mol. The quantitative estimate of drug-likeness (QED) is 0.333. The zero-order valence-electron chi connectivity index (χ0n) is 21.6. The minimum atomic E-state index is -1.14. The number of hydrogen-bond donors (Lipinski definition) is 1. The molecule has 1 saturated heterocycles. The van der Waals surface area contributed by atoms with Crippen molar-refractivity contribution in [2.24, 2.45) is 0 Å². The van der Waals surface area contributed by atoms with Crippen LogP contribution in [0.25, 0.3) is 32.2 Å². The van der Waals surface area contributed by atoms with E-state index in [2.05, 4.69) is 4.90 Å². The number of benzene rings is 2. The second-order valence-electron chi connectivity index (χ2n) is 10.9. The highest BCUT2D eigenvalue weighted by atomic mass is 32.1. The average molecular weight is 518 g/mol. The van der Waals surface area contributed by atoms with Crippen LogP contribution >= 0.6 is 11.3 Å². The van der Waals surface area contributed by atoms with Gasteiger partial charge in [0, 0.05) is 47.8 Å². The van der Waals surface area contributed by atoms with E-state index >= 15 is 0 Å². The fraction of sp³-hybridized carbons (Fsp3) is 0.414. The smallest absolute Gasteiger partial charge is 0.337 e. The number of rotatable bonds is 5. The van der Waals surface area contributed by atoms with Crippen molar-refractivity contribution in [3.8, 4) is 16.9 Å². The molecule has 0 saturated carbocycles. The number of aryl methyl sites for hydroxylation is 1. The second-order valence-corrected chi connectivity index (χ2v) is 11.9. The molecule has 2 aromatic carbocycles. The van der Waals surface area contributed by atoms with Gasteiger partial charge in [0.1, 0.15) is 5.75 Å². The van der Waals surface area contributed by atoms with Crippen molar-refractivity contribution in [2.45, 2.75) is 58.7 Å². The van der Waals surface area contributed by atoms with E-state index in [-0.39, 0.29) is 0 Å². The molecular formula is C29H31N3O4S. The van der Waals surface area contributed by atoms with Gasteiger partial charge in [-0.2, -0.15) is 0 Å². The maximum absolute atomic E-state index is 12.7. The van der Waals surface area contributed by atoms with Gasteiger partial charge < -0.3 is 19.5 Å². The van der Waals surface area contributed by atoms with Gasteiger partial charge in [0.05, 0.1) is 27.9 Å². The molecule has 0 radical (unpaired) electrons. The Morgan fingerprint density at radius 3 is 2.73 bits per heavy atom. The normalized spacial score (nSPS) is 16.4. The Morgan fingerprint density at radius 1 is 1.22 bits per heavy atom. The van der Waals surface area contributed by atoms with Gasteiger partial charge in [-0.3, -0.25) is 4.98 Å². The van der Waals surface area contributed by atoms with Crippen LogP contribution in [0.1, 0.15) is 56.4 Å². The van der Waals surface area contributed by atoms with Crippen molar-refractivity contribution in [2.75, 3.05) is 24.6 Å². The highest BCUT2D eigenvalue weighted by Crippen LogP contribution is 2.47. The van der Waals surface area contributed by atoms with Gasteiger partial charge in [0.25, 0.3) is 0 Å². The number of aromatic nitrogens is 2. The number of fused-ring (bicyclic) bond motifs is 1. The van der Waals surface area contributed by atoms with E-state index in [1.165, 1.54) is 5.56 Å². The molecule has 1 atom stereocenters. The molecule has 4 aromatic rings. The summed E-state index contributed by atoms with van der Waals surface area (Å²) in [5.41, 5.74) is 5.47. The van der Waals surface area contributed by atoms with Crippen LogP contribution in [0.5, 0.6) is 5.75 Å². The maximum Gasteiger partial charge on any atom is 0.337 e. The lowest BCUT2D eigenvalue weighted by atomic mass is 9.89. The second kappa shape index (κ2) is 8.96. The van der Waals surface area contributed by atoms with E-state index in [1.54, 1.807) is 11.3 Å². The summed E-state index contributed by atoms with van der Waals surface area (Å²) in [6.07, 6.45) is 3.83. The van der Waals surface area contributed by atoms with Crippen molar-refractivity contribution in [1.29, 1.82) is 0 Å². The van der Waals surface area contributed by atoms with Crippen molar-refractivity contribution >= 4 is 43.6 Å². The first-order valence-electron chi connectivity index (χ1n) is 12.8. The van der Waals surface area contributed by atoms with E-state index in [9.17, 15) is 9.90 Å². The van der Waals surface area contributed by atoms with E-state index in [0.717, 1.165) is 81.0 Å². The zero-order chi connectivity index (χ0) is 25.9. The van der Waals surface area contributed by atoms with Crippen LogP contribution in [0.2, 0.25) is 0 Å². The number of thiazole rings is 1. The SMILES string of the molecule is Cc1cc2nc(N3CCCC3)sc2c(-c2ccc3c4c(ccnc24)CCO3)c1[C@H](OC(C)(C)C)C(=O)O. The lowest BCUT2D eigenvalue weighted by molar-refractivity contribution is -0.160. The lowest BCUT2D eigenvalue weighted by Gasteiger charge is -2.28. The van der Waals surface area contributed by atoms with Crippen LogP contribution < -0.4 is 9.64 Å². The minimum Gasteiger partial charge on any atom is -0.493 e. The fourth-order valence-electron chi connectivity index (χ4n) is 5.54. The fourth-order valence-corrected chi connectivity index (χ4v) is 6.71. The molecular weight excluding hydrogens is 486 g/mol. The van der Waals surface area contributed by atoms with Crippen LogP contribution in [0.15, 0.2) is 30.5 Å². The Kier molecular flexibility index (Phi) is 5.84. The van der Waals surface area contributed by atoms with Gasteiger partial charge in [-0.25, -0.2) is 9.78 Å². The molecule has 4 heterocycles. The Morgan fingerprint density at radius 2 is 2.00 bits per heavy atom. The molecule has 0 unspecified atom stereocenters. The molecule has 0 amide bonds. The molecule has 2 aliphatic rings. The number of ether oxygens (including phenoxy) is 2. The standard InChI is InChI=1S/C29H31N3O4S/c1-16-15-19-26(37-28(31-19)32-12-5-6-13-32)23(21(16)25(27(33)34)36-29(2,3)4)18-7-8-20-22-17(10-14-35-20)9-11-30-24(18)22/h7-9,11,15,25H,5-6,10,12-14H2,1-4H3,(H,33,34)/t25-/m0/s1. The number of carboxylic acid groups (broad SMARTS) is 1. The third-order valence-electron chi connectivity index (χ3n) is 7.09. The first kappa shape index (κ1) is 24.1. The average Bonchev–Trinajstić information content (AvgIpc) is 3.52. The van der Waals surface area contributed by atoms with Gasteiger partial charge in [0.15, 0.2) is 11.2 Å². The van der Waals surface area contributed by atoms with Gasteiger partial charge in [-0.1, -0.05) is 11.3 Å². The first-order valence-corrected chi connectivity index (χ1v) is 13.7. The maximum atomic E-state index is 12.7. The number of nitrogens with zero attached hydrogens (tertiary/aromatic N) is 3. The summed E-state index contributed by atoms with van der Waals surface area (Å²) in [7, 11) is 0. The van der Waals surface area contributed by atoms with Crippen molar-refractivity contribution in [1.82, 2.24) is 9.97 Å². The van der Waals surface area contributed by atoms with Crippen LogP contribution in [-0.4, -0.2) is 46.3 Å². The monoisotopic (exact) mass is 517 g/mol. The molecule has 2 aromatic heterocycles. The summed E-state index contributed by atoms with van der Waals surface area (Å²) >= 11 is 1.63. The van der Waals surface area contributed by atoms with Crippen LogP contribution in [0, 0.1) is 6.92 Å². The lowest BCUT2D eigenvalue weighted by Crippen LogP contribution is -2.28. The molecule has 0 spiro atoms. The van der Waals surface area contributed by atoms with Gasteiger partial charge >= 0.3 is 5.97 Å². The molecule has 192 valence electrons. The van der Waals surface area contributed by atoms with Gasteiger partial charge in [-0.05, 0) is 75.9 Å².